The molecule has 0 spiro atoms. The topological polar surface area (TPSA) is 96.0 Å². The fraction of sp³-hybridized carbons (Fsp3) is 0.278. The van der Waals surface area contributed by atoms with E-state index < -0.39 is 28.5 Å². The molecule has 0 fully saturated rings. The lowest BCUT2D eigenvalue weighted by Gasteiger charge is -2.34. The molecule has 1 unspecified atom stereocenters. The van der Waals surface area contributed by atoms with Gasteiger partial charge in [-0.05, 0) is 86.3 Å². The number of carbonyl (C=O) groups is 2. The molecular weight excluding hydrogens is 586 g/mol. The van der Waals surface area contributed by atoms with Crippen LogP contribution in [0.5, 0.6) is 5.75 Å². The summed E-state index contributed by atoms with van der Waals surface area (Å²) in [6, 6.07) is 29.0. The van der Waals surface area contributed by atoms with Gasteiger partial charge < -0.3 is 15.0 Å². The smallest absolute Gasteiger partial charge is 0.264 e. The average molecular weight is 628 g/mol. The zero-order valence-electron chi connectivity index (χ0n) is 26.4. The van der Waals surface area contributed by atoms with Gasteiger partial charge in [-0.25, -0.2) is 8.42 Å². The van der Waals surface area contributed by atoms with Gasteiger partial charge in [-0.3, -0.25) is 13.9 Å². The highest BCUT2D eigenvalue weighted by Crippen LogP contribution is 2.27. The van der Waals surface area contributed by atoms with Crippen LogP contribution in [0.25, 0.3) is 0 Å². The number of benzene rings is 4. The number of hydrogen-bond donors (Lipinski definition) is 1. The second-order valence-electron chi connectivity index (χ2n) is 11.3. The van der Waals surface area contributed by atoms with Crippen molar-refractivity contribution in [1.29, 1.82) is 0 Å². The van der Waals surface area contributed by atoms with Gasteiger partial charge in [0.05, 0.1) is 17.7 Å². The van der Waals surface area contributed by atoms with Crippen molar-refractivity contribution in [2.24, 2.45) is 0 Å². The van der Waals surface area contributed by atoms with Crippen LogP contribution in [0, 0.1) is 13.8 Å². The highest BCUT2D eigenvalue weighted by Gasteiger charge is 2.35. The molecule has 8 nitrogen and oxygen atoms in total. The van der Waals surface area contributed by atoms with Crippen molar-refractivity contribution in [2.75, 3.05) is 18.0 Å². The van der Waals surface area contributed by atoms with E-state index in [2.05, 4.69) is 5.32 Å². The third-order valence-electron chi connectivity index (χ3n) is 7.58. The Kier molecular flexibility index (Phi) is 11.0. The molecule has 9 heteroatoms. The minimum Gasteiger partial charge on any atom is -0.497 e. The fourth-order valence-corrected chi connectivity index (χ4v) is 6.46. The van der Waals surface area contributed by atoms with Crippen molar-refractivity contribution < 1.29 is 22.7 Å². The van der Waals surface area contributed by atoms with Gasteiger partial charge in [0.15, 0.2) is 0 Å². The first-order valence-electron chi connectivity index (χ1n) is 14.9. The summed E-state index contributed by atoms with van der Waals surface area (Å²) < 4.78 is 34.8. The molecule has 0 aliphatic rings. The van der Waals surface area contributed by atoms with Gasteiger partial charge in [0, 0.05) is 19.0 Å². The summed E-state index contributed by atoms with van der Waals surface area (Å²) in [4.78, 5) is 29.9. The number of methoxy groups -OCH3 is 1. The van der Waals surface area contributed by atoms with E-state index in [9.17, 15) is 18.0 Å². The Morgan fingerprint density at radius 1 is 0.800 bits per heavy atom. The van der Waals surface area contributed by atoms with Crippen LogP contribution in [0.1, 0.15) is 36.1 Å². The second-order valence-corrected chi connectivity index (χ2v) is 13.2. The molecule has 4 aromatic rings. The van der Waals surface area contributed by atoms with Crippen molar-refractivity contribution in [3.63, 3.8) is 0 Å². The van der Waals surface area contributed by atoms with E-state index in [1.165, 1.54) is 17.0 Å². The summed E-state index contributed by atoms with van der Waals surface area (Å²) in [6.07, 6.45) is 0.240. The molecule has 4 rings (SSSR count). The number of hydrogen-bond acceptors (Lipinski definition) is 5. The Hall–Kier alpha value is -4.63. The first-order chi connectivity index (χ1) is 21.5. The molecule has 0 aromatic heterocycles. The third-order valence-corrected chi connectivity index (χ3v) is 9.37. The Bertz CT molecular complexity index is 1710. The Balaban J connectivity index is 1.82. The maximum Gasteiger partial charge on any atom is 0.264 e. The quantitative estimate of drug-likeness (QED) is 0.206. The standard InChI is InChI=1S/C36H41N3O5S/c1-26(2)37-36(41)34(23-29-13-8-6-9-14-29)38(24-30-15-12-16-32(22-30)44-5)35(40)25-39(31-20-19-27(3)28(4)21-31)45(42,43)33-17-10-7-11-18-33/h6-22,26,34H,23-25H2,1-5H3,(H,37,41). The predicted octanol–water partition coefficient (Wildman–Crippen LogP) is 5.67. The van der Waals surface area contributed by atoms with Gasteiger partial charge >= 0.3 is 0 Å². The summed E-state index contributed by atoms with van der Waals surface area (Å²) in [5.74, 6) is -0.237. The first kappa shape index (κ1) is 33.3. The van der Waals surface area contributed by atoms with Crippen molar-refractivity contribution in [3.05, 3.63) is 125 Å². The highest BCUT2D eigenvalue weighted by atomic mass is 32.2. The minimum absolute atomic E-state index is 0.0607. The molecule has 0 aliphatic heterocycles. The predicted molar refractivity (Wildman–Crippen MR) is 178 cm³/mol. The second kappa shape index (κ2) is 14.9. The largest absolute Gasteiger partial charge is 0.497 e. The van der Waals surface area contributed by atoms with Crippen LogP contribution in [0.15, 0.2) is 108 Å². The molecule has 1 N–H and O–H groups in total. The summed E-state index contributed by atoms with van der Waals surface area (Å²) in [6.45, 7) is 7.11. The van der Waals surface area contributed by atoms with Gasteiger partial charge in [-0.2, -0.15) is 0 Å². The molecule has 0 radical (unpaired) electrons. The van der Waals surface area contributed by atoms with Crippen molar-refractivity contribution in [1.82, 2.24) is 10.2 Å². The van der Waals surface area contributed by atoms with E-state index in [1.54, 1.807) is 43.5 Å². The van der Waals surface area contributed by atoms with Gasteiger partial charge in [-0.1, -0.05) is 66.7 Å². The molecule has 0 saturated carbocycles. The van der Waals surface area contributed by atoms with Crippen LogP contribution in [-0.4, -0.2) is 50.9 Å². The van der Waals surface area contributed by atoms with E-state index >= 15 is 0 Å². The number of carbonyl (C=O) groups excluding carboxylic acids is 2. The zero-order valence-corrected chi connectivity index (χ0v) is 27.3. The maximum absolute atomic E-state index is 14.5. The summed E-state index contributed by atoms with van der Waals surface area (Å²) >= 11 is 0. The van der Waals surface area contributed by atoms with E-state index in [-0.39, 0.29) is 29.8 Å². The number of rotatable bonds is 13. The van der Waals surface area contributed by atoms with E-state index in [4.69, 9.17) is 4.74 Å². The van der Waals surface area contributed by atoms with E-state index in [0.29, 0.717) is 11.4 Å². The van der Waals surface area contributed by atoms with Gasteiger partial charge in [0.2, 0.25) is 11.8 Å². The Morgan fingerprint density at radius 3 is 2.07 bits per heavy atom. The fourth-order valence-electron chi connectivity index (χ4n) is 5.03. The molecule has 1 atom stereocenters. The van der Waals surface area contributed by atoms with E-state index in [1.807, 2.05) is 82.3 Å². The van der Waals surface area contributed by atoms with Gasteiger partial charge in [0.1, 0.15) is 18.3 Å². The molecule has 2 amide bonds. The Morgan fingerprint density at radius 2 is 1.44 bits per heavy atom. The number of nitrogens with zero attached hydrogens (tertiary/aromatic N) is 2. The number of nitrogens with one attached hydrogen (secondary N) is 1. The first-order valence-corrected chi connectivity index (χ1v) is 16.4. The molecular formula is C36H41N3O5S. The molecule has 4 aromatic carbocycles. The molecule has 0 heterocycles. The van der Waals surface area contributed by atoms with Crippen molar-refractivity contribution in [3.8, 4) is 5.75 Å². The minimum atomic E-state index is -4.15. The molecule has 0 bridgehead atoms. The zero-order chi connectivity index (χ0) is 32.6. The SMILES string of the molecule is COc1cccc(CN(C(=O)CN(c2ccc(C)c(C)c2)S(=O)(=O)c2ccccc2)C(Cc2ccccc2)C(=O)NC(C)C)c1. The highest BCUT2D eigenvalue weighted by molar-refractivity contribution is 7.92. The number of aryl methyl sites for hydroxylation is 2. The Labute approximate surface area is 266 Å². The average Bonchev–Trinajstić information content (AvgIpc) is 3.03. The van der Waals surface area contributed by atoms with Crippen LogP contribution in [0.2, 0.25) is 0 Å². The number of anilines is 1. The number of ether oxygens (including phenoxy) is 1. The molecule has 0 saturated heterocycles. The van der Waals surface area contributed by atoms with Crippen molar-refractivity contribution in [2.45, 2.75) is 57.6 Å². The maximum atomic E-state index is 14.5. The molecule has 236 valence electrons. The third kappa shape index (κ3) is 8.51. The lowest BCUT2D eigenvalue weighted by atomic mass is 10.0. The van der Waals surface area contributed by atoms with Crippen LogP contribution in [0.3, 0.4) is 0 Å². The summed E-state index contributed by atoms with van der Waals surface area (Å²) in [5, 5.41) is 2.97. The monoisotopic (exact) mass is 627 g/mol. The molecule has 0 aliphatic carbocycles. The van der Waals surface area contributed by atoms with Gasteiger partial charge in [0.25, 0.3) is 10.0 Å². The number of sulfonamides is 1. The normalized spacial score (nSPS) is 12.0. The lowest BCUT2D eigenvalue weighted by Crippen LogP contribution is -2.54. The van der Waals surface area contributed by atoms with Crippen molar-refractivity contribution >= 4 is 27.5 Å². The van der Waals surface area contributed by atoms with E-state index in [0.717, 1.165) is 26.6 Å². The summed E-state index contributed by atoms with van der Waals surface area (Å²) in [7, 11) is -2.59. The van der Waals surface area contributed by atoms with Crippen LogP contribution >= 0.6 is 0 Å². The van der Waals surface area contributed by atoms with Crippen LogP contribution in [-0.2, 0) is 32.6 Å². The summed E-state index contributed by atoms with van der Waals surface area (Å²) in [5.41, 5.74) is 3.85. The van der Waals surface area contributed by atoms with Crippen LogP contribution < -0.4 is 14.4 Å². The van der Waals surface area contributed by atoms with Crippen LogP contribution in [0.4, 0.5) is 5.69 Å². The lowest BCUT2D eigenvalue weighted by molar-refractivity contribution is -0.140. The number of amides is 2. The van der Waals surface area contributed by atoms with Gasteiger partial charge in [-0.15, -0.1) is 0 Å². The molecule has 45 heavy (non-hydrogen) atoms.